The van der Waals surface area contributed by atoms with Crippen LogP contribution in [0.4, 0.5) is 5.69 Å². The van der Waals surface area contributed by atoms with Gasteiger partial charge in [-0.2, -0.15) is 0 Å². The molecule has 1 heterocycles. The molecule has 0 fully saturated rings. The highest BCUT2D eigenvalue weighted by Crippen LogP contribution is 2.34. The number of anilines is 1. The molecule has 3 nitrogen and oxygen atoms in total. The second-order valence-corrected chi connectivity index (χ2v) is 6.41. The van der Waals surface area contributed by atoms with Gasteiger partial charge in [-0.25, -0.2) is 0 Å². The van der Waals surface area contributed by atoms with Crippen LogP contribution in [0.2, 0.25) is 5.02 Å². The van der Waals surface area contributed by atoms with Crippen molar-refractivity contribution in [2.75, 3.05) is 11.9 Å². The summed E-state index contributed by atoms with van der Waals surface area (Å²) in [6.07, 6.45) is -0.445. The lowest BCUT2D eigenvalue weighted by Crippen LogP contribution is -2.20. The number of hydrogen-bond acceptors (Lipinski definition) is 2. The Hall–Kier alpha value is -1.36. The van der Waals surface area contributed by atoms with Crippen molar-refractivity contribution in [2.24, 2.45) is 0 Å². The molecule has 1 atom stereocenters. The van der Waals surface area contributed by atoms with E-state index in [-0.39, 0.29) is 5.91 Å². The highest BCUT2D eigenvalue weighted by atomic mass is 79.9. The predicted molar refractivity (Wildman–Crippen MR) is 86.8 cm³/mol. The van der Waals surface area contributed by atoms with E-state index in [1.54, 1.807) is 24.1 Å². The van der Waals surface area contributed by atoms with Crippen molar-refractivity contribution in [3.63, 3.8) is 0 Å². The van der Waals surface area contributed by atoms with Crippen molar-refractivity contribution >= 4 is 39.1 Å². The molecule has 0 aliphatic carbocycles. The molecule has 2 aromatic carbocycles. The standard InChI is InChI=1S/C16H13BrClNO2/c1-19-14-5-2-9(6-10(14)7-15(19)20)16(21)12-8-11(17)3-4-13(12)18/h2-6,8,16,21H,7H2,1H3. The van der Waals surface area contributed by atoms with Gasteiger partial charge in [0.15, 0.2) is 0 Å². The molecule has 0 aromatic heterocycles. The fourth-order valence-electron chi connectivity index (χ4n) is 2.56. The summed E-state index contributed by atoms with van der Waals surface area (Å²) in [5, 5.41) is 11.1. The third-order valence-electron chi connectivity index (χ3n) is 3.75. The number of aliphatic hydroxyl groups excluding tert-OH is 1. The van der Waals surface area contributed by atoms with Crippen LogP contribution in [-0.4, -0.2) is 18.1 Å². The highest BCUT2D eigenvalue weighted by molar-refractivity contribution is 9.10. The first-order valence-electron chi connectivity index (χ1n) is 6.50. The predicted octanol–water partition coefficient (Wildman–Crippen LogP) is 3.70. The maximum absolute atomic E-state index is 11.7. The SMILES string of the molecule is CN1C(=O)Cc2cc(C(O)c3cc(Br)ccc3Cl)ccc21. The van der Waals surface area contributed by atoms with Crippen molar-refractivity contribution in [3.05, 3.63) is 62.6 Å². The second kappa shape index (κ2) is 5.44. The lowest BCUT2D eigenvalue weighted by molar-refractivity contribution is -0.117. The molecule has 21 heavy (non-hydrogen) atoms. The molecule has 5 heteroatoms. The zero-order valence-corrected chi connectivity index (χ0v) is 13.6. The van der Waals surface area contributed by atoms with Crippen molar-refractivity contribution in [1.82, 2.24) is 0 Å². The lowest BCUT2D eigenvalue weighted by atomic mass is 9.98. The Morgan fingerprint density at radius 3 is 2.81 bits per heavy atom. The number of hydrogen-bond donors (Lipinski definition) is 1. The first-order chi connectivity index (χ1) is 9.97. The van der Waals surface area contributed by atoms with Crippen LogP contribution in [0.3, 0.4) is 0 Å². The van der Waals surface area contributed by atoms with Gasteiger partial charge in [-0.15, -0.1) is 0 Å². The Morgan fingerprint density at radius 1 is 1.29 bits per heavy atom. The molecule has 1 aliphatic heterocycles. The third-order valence-corrected chi connectivity index (χ3v) is 4.59. The smallest absolute Gasteiger partial charge is 0.231 e. The fraction of sp³-hybridized carbons (Fsp3) is 0.188. The molecule has 1 aliphatic rings. The van der Waals surface area contributed by atoms with Crippen molar-refractivity contribution in [2.45, 2.75) is 12.5 Å². The first-order valence-corrected chi connectivity index (χ1v) is 7.67. The summed E-state index contributed by atoms with van der Waals surface area (Å²) < 4.78 is 0.858. The van der Waals surface area contributed by atoms with Gasteiger partial charge in [0.1, 0.15) is 6.10 Å². The third kappa shape index (κ3) is 2.59. The van der Waals surface area contributed by atoms with Crippen LogP contribution in [0.25, 0.3) is 0 Å². The van der Waals surface area contributed by atoms with E-state index in [2.05, 4.69) is 15.9 Å². The summed E-state index contributed by atoms with van der Waals surface area (Å²) in [6.45, 7) is 0. The van der Waals surface area contributed by atoms with Crippen molar-refractivity contribution < 1.29 is 9.90 Å². The fourth-order valence-corrected chi connectivity index (χ4v) is 3.16. The van der Waals surface area contributed by atoms with Gasteiger partial charge in [-0.05, 0) is 35.4 Å². The molecule has 1 unspecified atom stereocenters. The summed E-state index contributed by atoms with van der Waals surface area (Å²) in [4.78, 5) is 13.4. The number of likely N-dealkylation sites (N-methyl/N-ethyl adjacent to an activating group) is 1. The van der Waals surface area contributed by atoms with Gasteiger partial charge in [0.05, 0.1) is 6.42 Å². The first kappa shape index (κ1) is 14.6. The Bertz CT molecular complexity index is 732. The van der Waals surface area contributed by atoms with Crippen LogP contribution in [0.1, 0.15) is 22.8 Å². The molecule has 0 saturated carbocycles. The zero-order chi connectivity index (χ0) is 15.1. The molecule has 108 valence electrons. The molecule has 0 saturated heterocycles. The molecule has 0 radical (unpaired) electrons. The average molecular weight is 367 g/mol. The maximum Gasteiger partial charge on any atom is 0.231 e. The number of aliphatic hydroxyl groups is 1. The maximum atomic E-state index is 11.7. The largest absolute Gasteiger partial charge is 0.384 e. The molecule has 0 bridgehead atoms. The number of rotatable bonds is 2. The van der Waals surface area contributed by atoms with E-state index < -0.39 is 6.10 Å². The molecular formula is C16H13BrClNO2. The van der Waals surface area contributed by atoms with Crippen LogP contribution in [0.5, 0.6) is 0 Å². The monoisotopic (exact) mass is 365 g/mol. The summed E-state index contributed by atoms with van der Waals surface area (Å²) in [5.74, 6) is 0.0668. The topological polar surface area (TPSA) is 40.5 Å². The Balaban J connectivity index is 2.00. The van der Waals surface area contributed by atoms with Gasteiger partial charge in [0.2, 0.25) is 5.91 Å². The van der Waals surface area contributed by atoms with Gasteiger partial charge < -0.3 is 10.0 Å². The lowest BCUT2D eigenvalue weighted by Gasteiger charge is -2.16. The number of carbonyl (C=O) groups excluding carboxylic acids is 1. The second-order valence-electron chi connectivity index (χ2n) is 5.09. The average Bonchev–Trinajstić information content (AvgIpc) is 2.75. The van der Waals surface area contributed by atoms with E-state index in [1.807, 2.05) is 24.3 Å². The number of carbonyl (C=O) groups is 1. The molecule has 2 aromatic rings. The Labute approximate surface area is 136 Å². The zero-order valence-electron chi connectivity index (χ0n) is 11.3. The highest BCUT2D eigenvalue weighted by Gasteiger charge is 2.25. The molecular weight excluding hydrogens is 354 g/mol. The van der Waals surface area contributed by atoms with E-state index in [1.165, 1.54) is 0 Å². The molecule has 0 spiro atoms. The quantitative estimate of drug-likeness (QED) is 0.880. The van der Waals surface area contributed by atoms with Gasteiger partial charge in [-0.3, -0.25) is 4.79 Å². The number of halogens is 2. The van der Waals surface area contributed by atoms with Gasteiger partial charge in [0.25, 0.3) is 0 Å². The van der Waals surface area contributed by atoms with E-state index in [9.17, 15) is 9.90 Å². The van der Waals surface area contributed by atoms with Crippen LogP contribution in [0, 0.1) is 0 Å². The Kier molecular flexibility index (Phi) is 3.78. The van der Waals surface area contributed by atoms with Gasteiger partial charge >= 0.3 is 0 Å². The van der Waals surface area contributed by atoms with E-state index in [0.717, 1.165) is 21.3 Å². The normalized spacial score (nSPS) is 15.2. The van der Waals surface area contributed by atoms with Crippen LogP contribution in [0.15, 0.2) is 40.9 Å². The van der Waals surface area contributed by atoms with E-state index in [4.69, 9.17) is 11.6 Å². The van der Waals surface area contributed by atoms with E-state index in [0.29, 0.717) is 17.0 Å². The minimum absolute atomic E-state index is 0.0668. The summed E-state index contributed by atoms with van der Waals surface area (Å²) in [6, 6.07) is 10.9. The molecule has 1 amide bonds. The van der Waals surface area contributed by atoms with E-state index >= 15 is 0 Å². The van der Waals surface area contributed by atoms with Crippen molar-refractivity contribution in [3.8, 4) is 0 Å². The van der Waals surface area contributed by atoms with Crippen LogP contribution >= 0.6 is 27.5 Å². The number of nitrogens with zero attached hydrogens (tertiary/aromatic N) is 1. The summed E-state index contributed by atoms with van der Waals surface area (Å²) >= 11 is 9.54. The summed E-state index contributed by atoms with van der Waals surface area (Å²) in [5.41, 5.74) is 3.21. The van der Waals surface area contributed by atoms with Gasteiger partial charge in [-0.1, -0.05) is 39.7 Å². The van der Waals surface area contributed by atoms with Crippen molar-refractivity contribution in [1.29, 1.82) is 0 Å². The Morgan fingerprint density at radius 2 is 2.05 bits per heavy atom. The minimum atomic E-state index is -0.818. The molecule has 1 N–H and O–H groups in total. The van der Waals surface area contributed by atoms with Gasteiger partial charge in [0, 0.05) is 27.8 Å². The minimum Gasteiger partial charge on any atom is -0.384 e. The number of fused-ring (bicyclic) bond motifs is 1. The number of benzene rings is 2. The number of amides is 1. The summed E-state index contributed by atoms with van der Waals surface area (Å²) in [7, 11) is 1.76. The molecule has 3 rings (SSSR count). The van der Waals surface area contributed by atoms with Crippen LogP contribution in [-0.2, 0) is 11.2 Å². The van der Waals surface area contributed by atoms with Crippen LogP contribution < -0.4 is 4.90 Å².